The molecule has 17 heavy (non-hydrogen) atoms. The monoisotopic (exact) mass is 231 g/mol. The van der Waals surface area contributed by atoms with E-state index in [1.165, 1.54) is 18.9 Å². The fraction of sp³-hybridized carbons (Fsp3) is 0.308. The van der Waals surface area contributed by atoms with Crippen molar-refractivity contribution >= 4 is 0 Å². The first-order valence-electron chi connectivity index (χ1n) is 5.83. The van der Waals surface area contributed by atoms with Crippen molar-refractivity contribution in [3.63, 3.8) is 0 Å². The van der Waals surface area contributed by atoms with E-state index in [1.54, 1.807) is 10.7 Å². The molecule has 0 bridgehead atoms. The number of rotatable bonds is 3. The Morgan fingerprint density at radius 2 is 2.18 bits per heavy atom. The van der Waals surface area contributed by atoms with Gasteiger partial charge in [0.1, 0.15) is 11.5 Å². The van der Waals surface area contributed by atoms with Crippen molar-refractivity contribution in [1.29, 1.82) is 0 Å². The summed E-state index contributed by atoms with van der Waals surface area (Å²) in [5.41, 5.74) is 7.93. The number of benzene rings is 1. The summed E-state index contributed by atoms with van der Waals surface area (Å²) in [6.45, 7) is 0.311. The molecule has 3 rings (SSSR count). The van der Waals surface area contributed by atoms with Crippen LogP contribution in [0, 0.1) is 5.82 Å². The first-order chi connectivity index (χ1) is 8.29. The molecule has 2 N–H and O–H groups in total. The van der Waals surface area contributed by atoms with Gasteiger partial charge in [-0.2, -0.15) is 5.10 Å². The van der Waals surface area contributed by atoms with Crippen molar-refractivity contribution in [2.45, 2.75) is 25.3 Å². The Morgan fingerprint density at radius 3 is 2.88 bits per heavy atom. The Kier molecular flexibility index (Phi) is 2.44. The molecule has 2 aromatic rings. The number of hydrogen-bond donors (Lipinski definition) is 1. The SMILES string of the molecule is NCc1cccc(F)c1-n1ccc(C2CC2)n1. The second kappa shape index (κ2) is 3.96. The molecule has 1 aromatic carbocycles. The minimum atomic E-state index is -0.279. The molecule has 1 heterocycles. The number of aromatic nitrogens is 2. The van der Waals surface area contributed by atoms with E-state index in [2.05, 4.69) is 5.10 Å². The molecule has 3 nitrogen and oxygen atoms in total. The maximum atomic E-state index is 13.8. The van der Waals surface area contributed by atoms with Crippen LogP contribution < -0.4 is 5.73 Å². The predicted octanol–water partition coefficient (Wildman–Crippen LogP) is 2.35. The highest BCUT2D eigenvalue weighted by Gasteiger charge is 2.26. The number of nitrogens with two attached hydrogens (primary N) is 1. The highest BCUT2D eigenvalue weighted by atomic mass is 19.1. The van der Waals surface area contributed by atoms with Gasteiger partial charge < -0.3 is 5.73 Å². The predicted molar refractivity (Wildman–Crippen MR) is 63.4 cm³/mol. The summed E-state index contributed by atoms with van der Waals surface area (Å²) < 4.78 is 15.4. The standard InChI is InChI=1S/C13H14FN3/c14-11-3-1-2-10(8-15)13(11)17-7-6-12(16-17)9-4-5-9/h1-3,6-7,9H,4-5,8,15H2. The number of halogens is 1. The summed E-state index contributed by atoms with van der Waals surface area (Å²) in [4.78, 5) is 0. The van der Waals surface area contributed by atoms with Crippen LogP contribution in [0.1, 0.15) is 30.0 Å². The summed E-state index contributed by atoms with van der Waals surface area (Å²) in [6.07, 6.45) is 4.20. The third kappa shape index (κ3) is 1.85. The smallest absolute Gasteiger partial charge is 0.149 e. The highest BCUT2D eigenvalue weighted by Crippen LogP contribution is 2.39. The molecular weight excluding hydrogens is 217 g/mol. The van der Waals surface area contributed by atoms with Gasteiger partial charge in [0, 0.05) is 18.7 Å². The third-order valence-corrected chi connectivity index (χ3v) is 3.12. The van der Waals surface area contributed by atoms with Gasteiger partial charge in [-0.1, -0.05) is 12.1 Å². The molecular formula is C13H14FN3. The average Bonchev–Trinajstić information content (AvgIpc) is 3.08. The van der Waals surface area contributed by atoms with Gasteiger partial charge in [-0.25, -0.2) is 9.07 Å². The van der Waals surface area contributed by atoms with Crippen molar-refractivity contribution in [1.82, 2.24) is 9.78 Å². The average molecular weight is 231 g/mol. The lowest BCUT2D eigenvalue weighted by Crippen LogP contribution is -2.07. The Bertz CT molecular complexity index is 543. The number of para-hydroxylation sites is 1. The molecule has 0 radical (unpaired) electrons. The summed E-state index contributed by atoms with van der Waals surface area (Å²) >= 11 is 0. The lowest BCUT2D eigenvalue weighted by molar-refractivity contribution is 0.606. The summed E-state index contributed by atoms with van der Waals surface area (Å²) in [5.74, 6) is 0.294. The van der Waals surface area contributed by atoms with E-state index in [4.69, 9.17) is 5.73 Å². The van der Waals surface area contributed by atoms with E-state index in [-0.39, 0.29) is 5.82 Å². The van der Waals surface area contributed by atoms with Gasteiger partial charge in [0.25, 0.3) is 0 Å². The topological polar surface area (TPSA) is 43.8 Å². The molecule has 0 atom stereocenters. The van der Waals surface area contributed by atoms with Gasteiger partial charge in [-0.05, 0) is 30.5 Å². The summed E-state index contributed by atoms with van der Waals surface area (Å²) in [5, 5.41) is 4.43. The molecule has 0 spiro atoms. The van der Waals surface area contributed by atoms with Crippen LogP contribution in [0.3, 0.4) is 0 Å². The zero-order valence-electron chi connectivity index (χ0n) is 9.44. The first-order valence-corrected chi connectivity index (χ1v) is 5.83. The van der Waals surface area contributed by atoms with E-state index >= 15 is 0 Å². The lowest BCUT2D eigenvalue weighted by atomic mass is 10.1. The van der Waals surface area contributed by atoms with Gasteiger partial charge >= 0.3 is 0 Å². The van der Waals surface area contributed by atoms with E-state index in [0.29, 0.717) is 18.2 Å². The van der Waals surface area contributed by atoms with Gasteiger partial charge in [0.2, 0.25) is 0 Å². The van der Waals surface area contributed by atoms with E-state index < -0.39 is 0 Å². The van der Waals surface area contributed by atoms with Gasteiger partial charge in [0.15, 0.2) is 0 Å². The number of hydrogen-bond acceptors (Lipinski definition) is 2. The maximum Gasteiger partial charge on any atom is 0.149 e. The van der Waals surface area contributed by atoms with Crippen molar-refractivity contribution in [3.8, 4) is 5.69 Å². The van der Waals surface area contributed by atoms with Crippen LogP contribution in [-0.2, 0) is 6.54 Å². The largest absolute Gasteiger partial charge is 0.326 e. The van der Waals surface area contributed by atoms with Crippen LogP contribution in [0.4, 0.5) is 4.39 Å². The normalized spacial score (nSPS) is 15.2. The van der Waals surface area contributed by atoms with Gasteiger partial charge in [-0.15, -0.1) is 0 Å². The first kappa shape index (κ1) is 10.5. The summed E-state index contributed by atoms with van der Waals surface area (Å²) in [7, 11) is 0. The summed E-state index contributed by atoms with van der Waals surface area (Å²) in [6, 6.07) is 6.90. The van der Waals surface area contributed by atoms with Crippen molar-refractivity contribution in [3.05, 3.63) is 47.5 Å². The van der Waals surface area contributed by atoms with E-state index in [9.17, 15) is 4.39 Å². The van der Waals surface area contributed by atoms with Crippen molar-refractivity contribution < 1.29 is 4.39 Å². The number of nitrogens with zero attached hydrogens (tertiary/aromatic N) is 2. The Hall–Kier alpha value is -1.68. The Balaban J connectivity index is 2.06. The van der Waals surface area contributed by atoms with Crippen LogP contribution in [-0.4, -0.2) is 9.78 Å². The van der Waals surface area contributed by atoms with Crippen LogP contribution in [0.2, 0.25) is 0 Å². The zero-order valence-corrected chi connectivity index (χ0v) is 9.44. The van der Waals surface area contributed by atoms with E-state index in [1.807, 2.05) is 18.3 Å². The molecule has 1 aromatic heterocycles. The van der Waals surface area contributed by atoms with Crippen LogP contribution in [0.25, 0.3) is 5.69 Å². The fourth-order valence-electron chi connectivity index (χ4n) is 2.04. The molecule has 1 saturated carbocycles. The van der Waals surface area contributed by atoms with Gasteiger partial charge in [0.05, 0.1) is 5.69 Å². The van der Waals surface area contributed by atoms with Gasteiger partial charge in [-0.3, -0.25) is 0 Å². The molecule has 1 aliphatic rings. The molecule has 0 unspecified atom stereocenters. The molecule has 0 saturated heterocycles. The second-order valence-electron chi connectivity index (χ2n) is 4.41. The fourth-order valence-corrected chi connectivity index (χ4v) is 2.04. The quantitative estimate of drug-likeness (QED) is 0.881. The highest BCUT2D eigenvalue weighted by molar-refractivity contribution is 5.42. The second-order valence-corrected chi connectivity index (χ2v) is 4.41. The Labute approximate surface area is 99.1 Å². The molecule has 0 aliphatic heterocycles. The van der Waals surface area contributed by atoms with Crippen molar-refractivity contribution in [2.75, 3.05) is 0 Å². The van der Waals surface area contributed by atoms with E-state index in [0.717, 1.165) is 11.3 Å². The molecule has 1 aliphatic carbocycles. The van der Waals surface area contributed by atoms with Crippen LogP contribution in [0.15, 0.2) is 30.5 Å². The third-order valence-electron chi connectivity index (χ3n) is 3.12. The maximum absolute atomic E-state index is 13.8. The lowest BCUT2D eigenvalue weighted by Gasteiger charge is -2.08. The van der Waals surface area contributed by atoms with Crippen LogP contribution >= 0.6 is 0 Å². The zero-order chi connectivity index (χ0) is 11.8. The molecule has 0 amide bonds. The van der Waals surface area contributed by atoms with Crippen LogP contribution in [0.5, 0.6) is 0 Å². The molecule has 88 valence electrons. The molecule has 1 fully saturated rings. The van der Waals surface area contributed by atoms with Crippen molar-refractivity contribution in [2.24, 2.45) is 5.73 Å². The minimum absolute atomic E-state index is 0.279. The molecule has 4 heteroatoms. The minimum Gasteiger partial charge on any atom is -0.326 e. The Morgan fingerprint density at radius 1 is 1.35 bits per heavy atom.